The van der Waals surface area contributed by atoms with Crippen molar-refractivity contribution in [1.29, 1.82) is 0 Å². The van der Waals surface area contributed by atoms with E-state index in [2.05, 4.69) is 10.4 Å². The number of carbonyl (C=O) groups is 1. The molecule has 2 aromatic heterocycles. The Balaban J connectivity index is 1.60. The zero-order valence-electron chi connectivity index (χ0n) is 14.5. The Morgan fingerprint density at radius 2 is 2.08 bits per heavy atom. The van der Waals surface area contributed by atoms with Gasteiger partial charge in [0, 0.05) is 28.7 Å². The maximum absolute atomic E-state index is 12.8. The number of amides is 1. The summed E-state index contributed by atoms with van der Waals surface area (Å²) in [6.07, 6.45) is 7.29. The van der Waals surface area contributed by atoms with Gasteiger partial charge in [-0.3, -0.25) is 9.59 Å². The summed E-state index contributed by atoms with van der Waals surface area (Å²) in [5, 5.41) is 7.88. The van der Waals surface area contributed by atoms with Crippen LogP contribution in [-0.4, -0.2) is 20.1 Å². The van der Waals surface area contributed by atoms with Gasteiger partial charge in [-0.15, -0.1) is 0 Å². The lowest BCUT2D eigenvalue weighted by Crippen LogP contribution is -2.28. The van der Waals surface area contributed by atoms with E-state index in [0.717, 1.165) is 42.5 Å². The van der Waals surface area contributed by atoms with Crippen molar-refractivity contribution in [3.05, 3.63) is 62.8 Å². The van der Waals surface area contributed by atoms with Crippen LogP contribution in [0.5, 0.6) is 0 Å². The monoisotopic (exact) mass is 370 g/mol. The molecule has 0 bridgehead atoms. The van der Waals surface area contributed by atoms with Gasteiger partial charge in [0.05, 0.1) is 5.69 Å². The molecule has 0 aliphatic heterocycles. The first-order chi connectivity index (χ1) is 12.5. The highest BCUT2D eigenvalue weighted by Gasteiger charge is 2.20. The minimum absolute atomic E-state index is 0.0548. The molecule has 0 unspecified atom stereocenters. The number of hydrogen-bond donors (Lipinski definition) is 1. The van der Waals surface area contributed by atoms with Crippen molar-refractivity contribution in [2.45, 2.75) is 39.2 Å². The molecule has 1 aliphatic carbocycles. The minimum Gasteiger partial charge on any atom is -0.324 e. The summed E-state index contributed by atoms with van der Waals surface area (Å²) in [5.74, 6) is -0.273. The Hall–Kier alpha value is -2.60. The quantitative estimate of drug-likeness (QED) is 0.770. The summed E-state index contributed by atoms with van der Waals surface area (Å²) < 4.78 is 3.07. The van der Waals surface area contributed by atoms with Gasteiger partial charge >= 0.3 is 0 Å². The predicted octanol–water partition coefficient (Wildman–Crippen LogP) is 2.98. The summed E-state index contributed by atoms with van der Waals surface area (Å²) >= 11 is 6.09. The van der Waals surface area contributed by atoms with E-state index in [-0.39, 0.29) is 18.0 Å². The van der Waals surface area contributed by atoms with Crippen molar-refractivity contribution in [2.24, 2.45) is 0 Å². The molecule has 0 radical (unpaired) electrons. The largest absolute Gasteiger partial charge is 0.324 e. The van der Waals surface area contributed by atoms with Crippen LogP contribution in [0.2, 0.25) is 5.02 Å². The van der Waals surface area contributed by atoms with Crippen LogP contribution in [0.25, 0.3) is 5.52 Å². The summed E-state index contributed by atoms with van der Waals surface area (Å²) in [6, 6.07) is 5.33. The van der Waals surface area contributed by atoms with Crippen LogP contribution in [0.4, 0.5) is 5.69 Å². The smallest absolute Gasteiger partial charge is 0.277 e. The van der Waals surface area contributed by atoms with Gasteiger partial charge in [0.15, 0.2) is 0 Å². The summed E-state index contributed by atoms with van der Waals surface area (Å²) in [6.45, 7) is 1.84. The van der Waals surface area contributed by atoms with Crippen LogP contribution in [-0.2, 0) is 24.2 Å². The molecule has 26 heavy (non-hydrogen) atoms. The number of benzene rings is 1. The normalized spacial score (nSPS) is 13.6. The van der Waals surface area contributed by atoms with E-state index in [4.69, 9.17) is 11.6 Å². The second kappa shape index (κ2) is 6.61. The lowest BCUT2D eigenvalue weighted by atomic mass is 9.97. The van der Waals surface area contributed by atoms with Gasteiger partial charge in [-0.1, -0.05) is 17.7 Å². The van der Waals surface area contributed by atoms with E-state index >= 15 is 0 Å². The molecule has 0 saturated carbocycles. The third kappa shape index (κ3) is 3.01. The van der Waals surface area contributed by atoms with Crippen LogP contribution in [0.15, 0.2) is 35.4 Å². The number of rotatable bonds is 3. The Morgan fingerprint density at radius 1 is 1.27 bits per heavy atom. The second-order valence-electron chi connectivity index (χ2n) is 6.67. The standard InChI is InChI=1S/C19H19ClN4O2/c1-12-6-7-13(10-15(12)20)21-17(25)11-23-8-9-24-18(19(23)26)14-4-2-3-5-16(14)22-24/h6-10H,2-5,11H2,1H3,(H,21,25). The number of halogens is 1. The number of fused-ring (bicyclic) bond motifs is 3. The number of nitrogens with zero attached hydrogens (tertiary/aromatic N) is 3. The first-order valence-electron chi connectivity index (χ1n) is 8.68. The first kappa shape index (κ1) is 16.8. The van der Waals surface area contributed by atoms with Crippen LogP contribution in [0.3, 0.4) is 0 Å². The fourth-order valence-electron chi connectivity index (χ4n) is 3.41. The molecule has 1 N–H and O–H groups in total. The maximum Gasteiger partial charge on any atom is 0.277 e. The van der Waals surface area contributed by atoms with E-state index in [1.165, 1.54) is 4.57 Å². The highest BCUT2D eigenvalue weighted by molar-refractivity contribution is 6.31. The molecule has 0 spiro atoms. The SMILES string of the molecule is Cc1ccc(NC(=O)Cn2ccn3nc4c(c3c2=O)CCCC4)cc1Cl. The van der Waals surface area contributed by atoms with E-state index < -0.39 is 0 Å². The van der Waals surface area contributed by atoms with Crippen LogP contribution in [0, 0.1) is 6.92 Å². The average Bonchev–Trinajstić information content (AvgIpc) is 3.00. The van der Waals surface area contributed by atoms with E-state index in [1.807, 2.05) is 13.0 Å². The van der Waals surface area contributed by atoms with Gasteiger partial charge in [0.1, 0.15) is 12.1 Å². The summed E-state index contributed by atoms with van der Waals surface area (Å²) in [4.78, 5) is 25.2. The highest BCUT2D eigenvalue weighted by atomic mass is 35.5. The first-order valence-corrected chi connectivity index (χ1v) is 9.06. The third-order valence-corrected chi connectivity index (χ3v) is 5.21. The number of anilines is 1. The van der Waals surface area contributed by atoms with Crippen molar-refractivity contribution < 1.29 is 4.79 Å². The molecule has 2 heterocycles. The van der Waals surface area contributed by atoms with Crippen LogP contribution in [0.1, 0.15) is 29.7 Å². The molecule has 0 fully saturated rings. The van der Waals surface area contributed by atoms with Gasteiger partial charge in [-0.05, 0) is 50.3 Å². The minimum atomic E-state index is -0.273. The molecular formula is C19H19ClN4O2. The van der Waals surface area contributed by atoms with E-state index in [9.17, 15) is 9.59 Å². The molecule has 1 aliphatic rings. The number of hydrogen-bond acceptors (Lipinski definition) is 3. The fraction of sp³-hybridized carbons (Fsp3) is 0.316. The van der Waals surface area contributed by atoms with Crippen molar-refractivity contribution in [3.63, 3.8) is 0 Å². The topological polar surface area (TPSA) is 68.4 Å². The summed E-state index contributed by atoms with van der Waals surface area (Å²) in [7, 11) is 0. The molecule has 134 valence electrons. The predicted molar refractivity (Wildman–Crippen MR) is 101 cm³/mol. The van der Waals surface area contributed by atoms with E-state index in [0.29, 0.717) is 16.2 Å². The molecule has 6 nitrogen and oxygen atoms in total. The van der Waals surface area contributed by atoms with Crippen molar-refractivity contribution in [2.75, 3.05) is 5.32 Å². The van der Waals surface area contributed by atoms with Crippen molar-refractivity contribution in [3.8, 4) is 0 Å². The molecule has 0 atom stereocenters. The molecule has 0 saturated heterocycles. The third-order valence-electron chi connectivity index (χ3n) is 4.80. The Kier molecular flexibility index (Phi) is 4.28. The van der Waals surface area contributed by atoms with Gasteiger partial charge in [0.25, 0.3) is 5.56 Å². The average molecular weight is 371 g/mol. The Morgan fingerprint density at radius 3 is 2.88 bits per heavy atom. The number of carbonyl (C=O) groups excluding carboxylic acids is 1. The zero-order chi connectivity index (χ0) is 18.3. The maximum atomic E-state index is 12.8. The lowest BCUT2D eigenvalue weighted by molar-refractivity contribution is -0.116. The van der Waals surface area contributed by atoms with Crippen molar-refractivity contribution >= 4 is 28.7 Å². The Bertz CT molecular complexity index is 1070. The molecule has 1 amide bonds. The Labute approximate surface area is 155 Å². The van der Waals surface area contributed by atoms with Crippen LogP contribution < -0.4 is 10.9 Å². The molecule has 7 heteroatoms. The van der Waals surface area contributed by atoms with Gasteiger partial charge in [-0.25, -0.2) is 4.52 Å². The zero-order valence-corrected chi connectivity index (χ0v) is 15.2. The van der Waals surface area contributed by atoms with Gasteiger partial charge in [-0.2, -0.15) is 5.10 Å². The van der Waals surface area contributed by atoms with Gasteiger partial charge in [0.2, 0.25) is 5.91 Å². The molecule has 3 aromatic rings. The van der Waals surface area contributed by atoms with Crippen molar-refractivity contribution in [1.82, 2.24) is 14.2 Å². The van der Waals surface area contributed by atoms with Gasteiger partial charge < -0.3 is 9.88 Å². The second-order valence-corrected chi connectivity index (χ2v) is 7.08. The van der Waals surface area contributed by atoms with Crippen LogP contribution >= 0.6 is 11.6 Å². The fourth-order valence-corrected chi connectivity index (χ4v) is 3.59. The number of aryl methyl sites for hydroxylation is 3. The molecule has 4 rings (SSSR count). The number of nitrogens with one attached hydrogen (secondary N) is 1. The number of aromatic nitrogens is 3. The summed E-state index contributed by atoms with van der Waals surface area (Å²) in [5.41, 5.74) is 4.00. The molecule has 1 aromatic carbocycles. The highest BCUT2D eigenvalue weighted by Crippen LogP contribution is 2.23. The lowest BCUT2D eigenvalue weighted by Gasteiger charge is -2.10. The molecular weight excluding hydrogens is 352 g/mol. The van der Waals surface area contributed by atoms with E-state index in [1.54, 1.807) is 29.0 Å².